The van der Waals surface area contributed by atoms with Crippen molar-refractivity contribution < 1.29 is 44.3 Å². The predicted molar refractivity (Wildman–Crippen MR) is 151 cm³/mol. The van der Waals surface area contributed by atoms with E-state index in [4.69, 9.17) is 21.1 Å². The van der Waals surface area contributed by atoms with Crippen LogP contribution in [0.2, 0.25) is 5.15 Å². The summed E-state index contributed by atoms with van der Waals surface area (Å²) in [7, 11) is -8.13. The van der Waals surface area contributed by atoms with Crippen molar-refractivity contribution in [2.24, 2.45) is 0 Å². The summed E-state index contributed by atoms with van der Waals surface area (Å²) in [6.07, 6.45) is 1.90. The molecule has 3 aromatic rings. The zero-order valence-corrected chi connectivity index (χ0v) is 25.2. The molecule has 0 saturated carbocycles. The second-order valence-corrected chi connectivity index (χ2v) is 13.6. The van der Waals surface area contributed by atoms with Crippen LogP contribution in [0.1, 0.15) is 48.5 Å². The minimum absolute atomic E-state index is 0.0295. The molecule has 16 heteroatoms. The van der Waals surface area contributed by atoms with Crippen molar-refractivity contribution in [1.82, 2.24) is 9.97 Å². The van der Waals surface area contributed by atoms with Crippen LogP contribution in [0.15, 0.2) is 30.5 Å². The molecule has 0 amide bonds. The molecule has 0 N–H and O–H groups in total. The van der Waals surface area contributed by atoms with Crippen molar-refractivity contribution in [3.63, 3.8) is 0 Å². The molecule has 2 aromatic carbocycles. The highest BCUT2D eigenvalue weighted by atomic mass is 35.5. The van der Waals surface area contributed by atoms with E-state index in [-0.39, 0.29) is 38.9 Å². The summed E-state index contributed by atoms with van der Waals surface area (Å²) in [6.45, 7) is 2.47. The molecule has 0 aliphatic rings. The van der Waals surface area contributed by atoms with Gasteiger partial charge in [-0.1, -0.05) is 24.9 Å². The summed E-state index contributed by atoms with van der Waals surface area (Å²) in [4.78, 5) is 21.2. The Hall–Kier alpha value is -2.85. The first kappa shape index (κ1) is 33.6. The molecule has 0 aliphatic heterocycles. The van der Waals surface area contributed by atoms with E-state index in [0.717, 1.165) is 12.1 Å². The van der Waals surface area contributed by atoms with Crippen LogP contribution in [0.5, 0.6) is 0 Å². The maximum atomic E-state index is 15.9. The Balaban J connectivity index is 2.02. The van der Waals surface area contributed by atoms with Crippen LogP contribution in [0.3, 0.4) is 0 Å². The van der Waals surface area contributed by atoms with Gasteiger partial charge in [0, 0.05) is 25.3 Å². The molecule has 0 atom stereocenters. The third-order valence-electron chi connectivity index (χ3n) is 5.93. The van der Waals surface area contributed by atoms with Crippen LogP contribution in [-0.2, 0) is 29.5 Å². The number of hydrogen-bond acceptors (Lipinski definition) is 9. The van der Waals surface area contributed by atoms with Crippen molar-refractivity contribution in [1.29, 1.82) is 0 Å². The lowest BCUT2D eigenvalue weighted by Crippen LogP contribution is -2.41. The van der Waals surface area contributed by atoms with Gasteiger partial charge in [0.25, 0.3) is 0 Å². The molecular weight excluding hydrogens is 623 g/mol. The summed E-state index contributed by atoms with van der Waals surface area (Å²) in [5.41, 5.74) is -2.77. The van der Waals surface area contributed by atoms with Crippen LogP contribution in [0.25, 0.3) is 11.0 Å². The molecule has 1 aromatic heterocycles. The van der Waals surface area contributed by atoms with Crippen molar-refractivity contribution in [3.8, 4) is 0 Å². The second kappa shape index (κ2) is 14.6. The fraction of sp³-hybridized carbons (Fsp3) is 0.423. The number of halogens is 4. The van der Waals surface area contributed by atoms with E-state index in [0.29, 0.717) is 38.2 Å². The molecule has 1 heterocycles. The Labute approximate surface area is 246 Å². The molecule has 10 nitrogen and oxygen atoms in total. The number of fused-ring (bicyclic) bond motifs is 1. The fourth-order valence-corrected chi connectivity index (χ4v) is 8.26. The highest BCUT2D eigenvalue weighted by Crippen LogP contribution is 2.33. The van der Waals surface area contributed by atoms with E-state index in [1.165, 1.54) is 26.3 Å². The largest absolute Gasteiger partial charge is 0.382 e. The van der Waals surface area contributed by atoms with Gasteiger partial charge >= 0.3 is 0 Å². The number of hydrogen-bond donors (Lipinski definition) is 0. The quantitative estimate of drug-likeness (QED) is 0.123. The smallest absolute Gasteiger partial charge is 0.248 e. The number of aromatic nitrogens is 2. The SMILES string of the molecule is CCCS(=O)(=O)N(c1cc(F)c(F)c(C(=O)c2ccc3ncc(Cl)nc3c2)c1F)S(=O)(=O)CCCCCOCCOC. The first-order valence-electron chi connectivity index (χ1n) is 12.8. The number of benzene rings is 2. The van der Waals surface area contributed by atoms with Gasteiger partial charge in [-0.3, -0.25) is 9.78 Å². The zero-order valence-electron chi connectivity index (χ0n) is 22.8. The Morgan fingerprint density at radius 3 is 2.33 bits per heavy atom. The van der Waals surface area contributed by atoms with Crippen LogP contribution in [-0.4, -0.2) is 71.0 Å². The molecular formula is C26H29ClF3N3O7S2. The summed E-state index contributed by atoms with van der Waals surface area (Å²) in [5.74, 6) is -8.47. The van der Waals surface area contributed by atoms with Gasteiger partial charge in [-0.25, -0.2) is 35.0 Å². The highest BCUT2D eigenvalue weighted by Gasteiger charge is 2.38. The zero-order chi connectivity index (χ0) is 31.1. The van der Waals surface area contributed by atoms with Gasteiger partial charge in [0.1, 0.15) is 10.8 Å². The van der Waals surface area contributed by atoms with Gasteiger partial charge < -0.3 is 9.47 Å². The molecule has 0 radical (unpaired) electrons. The normalized spacial score (nSPS) is 12.1. The molecule has 0 unspecified atom stereocenters. The summed E-state index contributed by atoms with van der Waals surface area (Å²) in [6, 6.07) is 3.69. The standard InChI is InChI=1S/C26H29ClF3N3O7S2/c1-3-12-41(35,36)33(42(37,38)13-6-4-5-9-40-11-10-39-2)21-15-18(28)24(29)23(25(21)30)26(34)17-7-8-19-20(14-17)32-22(27)16-31-19/h7-8,14-16H,3-6,9-13H2,1-2H3. The Morgan fingerprint density at radius 2 is 1.64 bits per heavy atom. The number of sulfonamides is 2. The van der Waals surface area contributed by atoms with E-state index >= 15 is 4.39 Å². The summed E-state index contributed by atoms with van der Waals surface area (Å²) < 4.78 is 108. The molecule has 0 spiro atoms. The Kier molecular flexibility index (Phi) is 11.7. The van der Waals surface area contributed by atoms with Crippen molar-refractivity contribution in [3.05, 3.63) is 64.2 Å². The van der Waals surface area contributed by atoms with Crippen LogP contribution < -0.4 is 3.71 Å². The first-order valence-corrected chi connectivity index (χ1v) is 16.4. The third-order valence-corrected chi connectivity index (χ3v) is 10.6. The molecule has 42 heavy (non-hydrogen) atoms. The van der Waals surface area contributed by atoms with Crippen LogP contribution in [0, 0.1) is 17.5 Å². The number of carbonyl (C=O) groups is 1. The van der Waals surface area contributed by atoms with Crippen LogP contribution >= 0.6 is 11.6 Å². The number of nitrogens with zero attached hydrogens (tertiary/aromatic N) is 3. The van der Waals surface area contributed by atoms with Gasteiger partial charge in [0.15, 0.2) is 23.2 Å². The number of ketones is 1. The van der Waals surface area contributed by atoms with E-state index in [9.17, 15) is 30.4 Å². The molecule has 0 aliphatic carbocycles. The van der Waals surface area contributed by atoms with Crippen molar-refractivity contribution in [2.75, 3.05) is 42.1 Å². The van der Waals surface area contributed by atoms with E-state index < -0.39 is 66.0 Å². The predicted octanol–water partition coefficient (Wildman–Crippen LogP) is 4.64. The topological polar surface area (TPSA) is 133 Å². The fourth-order valence-electron chi connectivity index (χ4n) is 4.00. The average molecular weight is 652 g/mol. The van der Waals surface area contributed by atoms with E-state index in [1.54, 1.807) is 0 Å². The lowest BCUT2D eigenvalue weighted by Gasteiger charge is -2.25. The molecule has 0 bridgehead atoms. The first-order chi connectivity index (χ1) is 19.8. The van der Waals surface area contributed by atoms with E-state index in [1.807, 2.05) is 0 Å². The lowest BCUT2D eigenvalue weighted by atomic mass is 10.0. The Morgan fingerprint density at radius 1 is 0.929 bits per heavy atom. The van der Waals surface area contributed by atoms with Gasteiger partial charge in [-0.2, -0.15) is 3.71 Å². The number of ether oxygens (including phenoxy) is 2. The summed E-state index contributed by atoms with van der Waals surface area (Å²) >= 11 is 5.83. The number of unbranched alkanes of at least 4 members (excludes halogenated alkanes) is 2. The van der Waals surface area contributed by atoms with Gasteiger partial charge in [-0.15, -0.1) is 0 Å². The van der Waals surface area contributed by atoms with Crippen molar-refractivity contribution >= 4 is 54.2 Å². The van der Waals surface area contributed by atoms with Gasteiger partial charge in [0.2, 0.25) is 20.0 Å². The minimum Gasteiger partial charge on any atom is -0.382 e. The van der Waals surface area contributed by atoms with Crippen LogP contribution in [0.4, 0.5) is 18.9 Å². The van der Waals surface area contributed by atoms with E-state index in [2.05, 4.69) is 9.97 Å². The maximum Gasteiger partial charge on any atom is 0.248 e. The average Bonchev–Trinajstić information content (AvgIpc) is 2.92. The third kappa shape index (κ3) is 7.95. The van der Waals surface area contributed by atoms with Gasteiger partial charge in [-0.05, 0) is 37.5 Å². The summed E-state index contributed by atoms with van der Waals surface area (Å²) in [5, 5.41) is -0.0295. The monoisotopic (exact) mass is 651 g/mol. The number of methoxy groups -OCH3 is 1. The Bertz CT molecular complexity index is 1660. The molecule has 230 valence electrons. The number of carbonyl (C=O) groups excluding carboxylic acids is 1. The molecule has 0 fully saturated rings. The van der Waals surface area contributed by atoms with Gasteiger partial charge in [0.05, 0.1) is 47.5 Å². The number of rotatable bonds is 16. The van der Waals surface area contributed by atoms with Crippen molar-refractivity contribution in [2.45, 2.75) is 32.6 Å². The minimum atomic E-state index is -4.84. The highest BCUT2D eigenvalue weighted by molar-refractivity contribution is 8.10. The number of anilines is 1. The lowest BCUT2D eigenvalue weighted by molar-refractivity contribution is 0.0687. The molecule has 3 rings (SSSR count). The maximum absolute atomic E-state index is 15.9. The second-order valence-electron chi connectivity index (χ2n) is 9.10. The molecule has 0 saturated heterocycles.